The Hall–Kier alpha value is -2.52. The van der Waals surface area contributed by atoms with Crippen molar-refractivity contribution in [2.45, 2.75) is 19.1 Å². The van der Waals surface area contributed by atoms with Crippen molar-refractivity contribution >= 4 is 17.2 Å². The molecule has 130 valence electrons. The highest BCUT2D eigenvalue weighted by atomic mass is 32.1. The molecule has 1 unspecified atom stereocenters. The van der Waals surface area contributed by atoms with Crippen molar-refractivity contribution in [1.29, 1.82) is 0 Å². The van der Waals surface area contributed by atoms with Crippen LogP contribution in [0.15, 0.2) is 40.5 Å². The van der Waals surface area contributed by atoms with E-state index in [1.54, 1.807) is 27.1 Å². The third-order valence-electron chi connectivity index (χ3n) is 3.99. The van der Waals surface area contributed by atoms with E-state index in [2.05, 4.69) is 15.2 Å². The number of carbonyl (C=O) groups excluding carboxylic acids is 1. The van der Waals surface area contributed by atoms with Crippen molar-refractivity contribution in [3.8, 4) is 10.7 Å². The van der Waals surface area contributed by atoms with Gasteiger partial charge in [0.2, 0.25) is 11.7 Å². The average molecular weight is 359 g/mol. The molecule has 0 radical (unpaired) electrons. The molecule has 9 heteroatoms. The lowest BCUT2D eigenvalue weighted by atomic mass is 10.2. The Labute approximate surface area is 148 Å². The molecule has 0 saturated carbocycles. The topological polar surface area (TPSA) is 86.3 Å². The number of thiophene rings is 1. The van der Waals surface area contributed by atoms with E-state index in [0.717, 1.165) is 4.88 Å². The molecule has 0 aliphatic carbocycles. The molecular weight excluding hydrogens is 342 g/mol. The van der Waals surface area contributed by atoms with Crippen LogP contribution in [0.2, 0.25) is 0 Å². The van der Waals surface area contributed by atoms with Crippen LogP contribution in [-0.2, 0) is 16.1 Å². The van der Waals surface area contributed by atoms with Gasteiger partial charge in [-0.2, -0.15) is 10.1 Å². The molecule has 3 aromatic heterocycles. The second-order valence-corrected chi connectivity index (χ2v) is 6.60. The van der Waals surface area contributed by atoms with Gasteiger partial charge >= 0.3 is 0 Å². The molecular formula is C16H17N5O3S. The number of aryl methyl sites for hydroxylation is 1. The van der Waals surface area contributed by atoms with Crippen molar-refractivity contribution in [3.05, 3.63) is 41.9 Å². The molecule has 1 aliphatic rings. The second kappa shape index (κ2) is 7.16. The fourth-order valence-electron chi connectivity index (χ4n) is 2.70. The normalized spacial score (nSPS) is 17.8. The first-order chi connectivity index (χ1) is 12.3. The number of hydrogen-bond donors (Lipinski definition) is 0. The third-order valence-corrected chi connectivity index (χ3v) is 4.86. The summed E-state index contributed by atoms with van der Waals surface area (Å²) < 4.78 is 12.8. The number of carbonyl (C=O) groups is 1. The summed E-state index contributed by atoms with van der Waals surface area (Å²) in [5.74, 6) is 1.03. The second-order valence-electron chi connectivity index (χ2n) is 5.65. The molecule has 1 atom stereocenters. The quantitative estimate of drug-likeness (QED) is 0.692. The van der Waals surface area contributed by atoms with Crippen LogP contribution in [0.5, 0.6) is 0 Å². The van der Waals surface area contributed by atoms with E-state index in [0.29, 0.717) is 44.4 Å². The maximum absolute atomic E-state index is 12.4. The van der Waals surface area contributed by atoms with Gasteiger partial charge in [0.1, 0.15) is 0 Å². The first-order valence-corrected chi connectivity index (χ1v) is 8.92. The first-order valence-electron chi connectivity index (χ1n) is 8.04. The fraction of sp³-hybridized carbons (Fsp3) is 0.375. The lowest BCUT2D eigenvalue weighted by molar-refractivity contribution is -0.140. The van der Waals surface area contributed by atoms with Crippen molar-refractivity contribution in [2.75, 3.05) is 19.7 Å². The van der Waals surface area contributed by atoms with Crippen molar-refractivity contribution in [2.24, 2.45) is 0 Å². The molecule has 25 heavy (non-hydrogen) atoms. The zero-order chi connectivity index (χ0) is 17.1. The zero-order valence-corrected chi connectivity index (χ0v) is 14.3. The largest absolute Gasteiger partial charge is 0.365 e. The number of nitrogens with zero attached hydrogens (tertiary/aromatic N) is 5. The maximum atomic E-state index is 12.4. The van der Waals surface area contributed by atoms with Gasteiger partial charge in [0.15, 0.2) is 6.10 Å². The number of ether oxygens (including phenoxy) is 1. The van der Waals surface area contributed by atoms with Crippen molar-refractivity contribution < 1.29 is 14.1 Å². The Morgan fingerprint density at radius 1 is 1.40 bits per heavy atom. The van der Waals surface area contributed by atoms with Gasteiger partial charge in [-0.3, -0.25) is 9.48 Å². The van der Waals surface area contributed by atoms with Crippen LogP contribution in [-0.4, -0.2) is 50.4 Å². The molecule has 3 aromatic rings. The lowest BCUT2D eigenvalue weighted by Crippen LogP contribution is -2.42. The van der Waals surface area contributed by atoms with Gasteiger partial charge in [-0.25, -0.2) is 0 Å². The van der Waals surface area contributed by atoms with Crippen LogP contribution in [0.1, 0.15) is 18.4 Å². The van der Waals surface area contributed by atoms with E-state index in [1.165, 1.54) is 0 Å². The van der Waals surface area contributed by atoms with Crippen LogP contribution in [0.4, 0.5) is 0 Å². The van der Waals surface area contributed by atoms with Gasteiger partial charge in [-0.05, 0) is 17.5 Å². The first kappa shape index (κ1) is 16.0. The number of aromatic nitrogens is 4. The van der Waals surface area contributed by atoms with Crippen molar-refractivity contribution in [3.63, 3.8) is 0 Å². The van der Waals surface area contributed by atoms with Gasteiger partial charge in [0.05, 0.1) is 18.0 Å². The third kappa shape index (κ3) is 3.62. The predicted octanol–water partition coefficient (Wildman–Crippen LogP) is 1.98. The number of amides is 1. The molecule has 0 bridgehead atoms. The van der Waals surface area contributed by atoms with E-state index in [4.69, 9.17) is 9.26 Å². The Bertz CT molecular complexity index is 815. The highest BCUT2D eigenvalue weighted by Gasteiger charge is 2.29. The Kier molecular flexibility index (Phi) is 4.57. The SMILES string of the molecule is O=C(CCn1cccn1)N1CCOC(c2nc(-c3cccs3)no2)C1. The average Bonchev–Trinajstić information content (AvgIpc) is 3.41. The minimum atomic E-state index is -0.386. The molecule has 0 spiro atoms. The summed E-state index contributed by atoms with van der Waals surface area (Å²) >= 11 is 1.55. The summed E-state index contributed by atoms with van der Waals surface area (Å²) in [5.41, 5.74) is 0. The van der Waals surface area contributed by atoms with E-state index >= 15 is 0 Å². The molecule has 0 aromatic carbocycles. The molecule has 1 saturated heterocycles. The number of hydrogen-bond acceptors (Lipinski definition) is 7. The van der Waals surface area contributed by atoms with Crippen molar-refractivity contribution in [1.82, 2.24) is 24.8 Å². The minimum absolute atomic E-state index is 0.0711. The van der Waals surface area contributed by atoms with Crippen LogP contribution in [0.25, 0.3) is 10.7 Å². The van der Waals surface area contributed by atoms with Gasteiger partial charge in [-0.1, -0.05) is 11.2 Å². The zero-order valence-electron chi connectivity index (χ0n) is 13.4. The molecule has 0 N–H and O–H groups in total. The lowest BCUT2D eigenvalue weighted by Gasteiger charge is -2.31. The summed E-state index contributed by atoms with van der Waals surface area (Å²) in [4.78, 5) is 19.6. The highest BCUT2D eigenvalue weighted by Crippen LogP contribution is 2.26. The Balaban J connectivity index is 1.38. The predicted molar refractivity (Wildman–Crippen MR) is 89.7 cm³/mol. The van der Waals surface area contributed by atoms with E-state index < -0.39 is 0 Å². The summed E-state index contributed by atoms with van der Waals surface area (Å²) in [7, 11) is 0. The molecule has 1 amide bonds. The monoisotopic (exact) mass is 359 g/mol. The van der Waals surface area contributed by atoms with Gasteiger partial charge in [0.25, 0.3) is 5.89 Å². The van der Waals surface area contributed by atoms with E-state index in [1.807, 2.05) is 29.8 Å². The van der Waals surface area contributed by atoms with Crippen LogP contribution in [0, 0.1) is 0 Å². The fourth-order valence-corrected chi connectivity index (χ4v) is 3.35. The molecule has 1 fully saturated rings. The summed E-state index contributed by atoms with van der Waals surface area (Å²) in [5, 5.41) is 10.1. The highest BCUT2D eigenvalue weighted by molar-refractivity contribution is 7.13. The molecule has 4 rings (SSSR count). The van der Waals surface area contributed by atoms with Gasteiger partial charge < -0.3 is 14.2 Å². The summed E-state index contributed by atoms with van der Waals surface area (Å²) in [6.45, 7) is 2.01. The Morgan fingerprint density at radius 2 is 2.36 bits per heavy atom. The standard InChI is InChI=1S/C16H17N5O3S/c22-14(4-7-21-6-2-5-17-21)20-8-9-23-12(11-20)16-18-15(19-24-16)13-3-1-10-25-13/h1-3,5-6,10,12H,4,7-9,11H2. The molecule has 1 aliphatic heterocycles. The van der Waals surface area contributed by atoms with E-state index in [9.17, 15) is 4.79 Å². The van der Waals surface area contributed by atoms with Crippen LogP contribution in [0.3, 0.4) is 0 Å². The Morgan fingerprint density at radius 3 is 3.16 bits per heavy atom. The number of rotatable bonds is 5. The molecule has 4 heterocycles. The maximum Gasteiger partial charge on any atom is 0.257 e. The number of morpholine rings is 1. The van der Waals surface area contributed by atoms with Gasteiger partial charge in [0, 0.05) is 31.9 Å². The molecule has 8 nitrogen and oxygen atoms in total. The van der Waals surface area contributed by atoms with Crippen LogP contribution >= 0.6 is 11.3 Å². The minimum Gasteiger partial charge on any atom is -0.365 e. The van der Waals surface area contributed by atoms with Crippen LogP contribution < -0.4 is 0 Å². The van der Waals surface area contributed by atoms with Gasteiger partial charge in [-0.15, -0.1) is 11.3 Å². The smallest absolute Gasteiger partial charge is 0.257 e. The van der Waals surface area contributed by atoms with E-state index in [-0.39, 0.29) is 12.0 Å². The summed E-state index contributed by atoms with van der Waals surface area (Å²) in [6, 6.07) is 5.72. The summed E-state index contributed by atoms with van der Waals surface area (Å²) in [6.07, 6.45) is 3.57.